The second-order valence-electron chi connectivity index (χ2n) is 9.98. The average Bonchev–Trinajstić information content (AvgIpc) is 3.75. The summed E-state index contributed by atoms with van der Waals surface area (Å²) < 4.78 is 22.8. The minimum atomic E-state index is -0.279. The van der Waals surface area contributed by atoms with Gasteiger partial charge in [0.15, 0.2) is 5.82 Å². The Balaban J connectivity index is 1.21. The van der Waals surface area contributed by atoms with Crippen LogP contribution in [-0.2, 0) is 6.61 Å². The summed E-state index contributed by atoms with van der Waals surface area (Å²) in [6.07, 6.45) is 7.46. The Morgan fingerprint density at radius 1 is 0.818 bits per heavy atom. The third-order valence-electron chi connectivity index (χ3n) is 6.92. The highest BCUT2D eigenvalue weighted by Crippen LogP contribution is 2.27. The van der Waals surface area contributed by atoms with Gasteiger partial charge in [-0.2, -0.15) is 14.6 Å². The van der Waals surface area contributed by atoms with Crippen LogP contribution in [0.15, 0.2) is 120 Å². The molecular formula is C35H24FN5O2S. The fourth-order valence-electron chi connectivity index (χ4n) is 4.68. The van der Waals surface area contributed by atoms with Crippen molar-refractivity contribution in [3.05, 3.63) is 159 Å². The van der Waals surface area contributed by atoms with Gasteiger partial charge in [-0.3, -0.25) is 4.79 Å². The molecule has 0 aliphatic carbocycles. The summed E-state index contributed by atoms with van der Waals surface area (Å²) in [5.74, 6) is 0.872. The fraction of sp³-hybridized carbons (Fsp3) is 0.0286. The van der Waals surface area contributed by atoms with Crippen molar-refractivity contribution in [2.24, 2.45) is 0 Å². The molecule has 214 valence electrons. The van der Waals surface area contributed by atoms with E-state index in [4.69, 9.17) is 9.84 Å². The normalized spacial score (nSPS) is 12.0. The van der Waals surface area contributed by atoms with Gasteiger partial charge in [0.2, 0.25) is 4.96 Å². The van der Waals surface area contributed by atoms with E-state index in [-0.39, 0.29) is 11.4 Å². The third kappa shape index (κ3) is 5.81. The Morgan fingerprint density at radius 3 is 2.27 bits per heavy atom. The number of thiazole rings is 1. The van der Waals surface area contributed by atoms with Crippen LogP contribution < -0.4 is 14.8 Å². The molecule has 0 bridgehead atoms. The van der Waals surface area contributed by atoms with Gasteiger partial charge >= 0.3 is 0 Å². The van der Waals surface area contributed by atoms with E-state index >= 15 is 0 Å². The molecule has 7 nitrogen and oxygen atoms in total. The summed E-state index contributed by atoms with van der Waals surface area (Å²) >= 11 is 1.28. The lowest BCUT2D eigenvalue weighted by Gasteiger charge is -2.07. The van der Waals surface area contributed by atoms with Crippen molar-refractivity contribution in [3.8, 4) is 22.7 Å². The molecule has 0 unspecified atom stereocenters. The van der Waals surface area contributed by atoms with Crippen LogP contribution in [0.2, 0.25) is 0 Å². The van der Waals surface area contributed by atoms with Crippen LogP contribution in [0.1, 0.15) is 22.5 Å². The van der Waals surface area contributed by atoms with Crippen LogP contribution in [0.4, 0.5) is 4.39 Å². The lowest BCUT2D eigenvalue weighted by Crippen LogP contribution is -2.23. The zero-order valence-corrected chi connectivity index (χ0v) is 24.1. The molecule has 0 radical (unpaired) electrons. The number of halogens is 1. The van der Waals surface area contributed by atoms with E-state index in [9.17, 15) is 9.18 Å². The zero-order valence-electron chi connectivity index (χ0n) is 23.2. The predicted molar refractivity (Wildman–Crippen MR) is 171 cm³/mol. The van der Waals surface area contributed by atoms with Crippen LogP contribution in [0.3, 0.4) is 0 Å². The lowest BCUT2D eigenvalue weighted by atomic mass is 10.1. The summed E-state index contributed by atoms with van der Waals surface area (Å²) in [6.45, 7) is 0.325. The standard InChI is InChI=1S/C35H24FN5O2S/c36-28-16-11-25(12-17-28)23-43-30-18-14-26(15-19-30)33-27(22-40(39-33)29-9-5-2-6-10-29)21-31-34(42)41-35(44-31)37-32(38-41)20-13-24-7-3-1-4-8-24/h1-22H,23H2/b20-13+,31-21-. The maximum atomic E-state index is 13.3. The Kier molecular flexibility index (Phi) is 7.35. The van der Waals surface area contributed by atoms with E-state index in [0.29, 0.717) is 33.4 Å². The van der Waals surface area contributed by atoms with E-state index in [2.05, 4.69) is 10.1 Å². The van der Waals surface area contributed by atoms with Gasteiger partial charge in [-0.15, -0.1) is 5.10 Å². The average molecular weight is 598 g/mol. The number of hydrogen-bond acceptors (Lipinski definition) is 6. The quantitative estimate of drug-likeness (QED) is 0.202. The Labute approximate surface area is 255 Å². The van der Waals surface area contributed by atoms with Gasteiger partial charge in [0, 0.05) is 17.3 Å². The first-order valence-corrected chi connectivity index (χ1v) is 14.7. The van der Waals surface area contributed by atoms with E-state index in [0.717, 1.165) is 27.9 Å². The van der Waals surface area contributed by atoms with Crippen molar-refractivity contribution in [1.82, 2.24) is 24.4 Å². The van der Waals surface area contributed by atoms with E-state index in [1.807, 2.05) is 103 Å². The molecule has 3 aromatic heterocycles. The highest BCUT2D eigenvalue weighted by atomic mass is 32.1. The molecule has 0 amide bonds. The molecule has 0 N–H and O–H groups in total. The summed E-state index contributed by atoms with van der Waals surface area (Å²) in [7, 11) is 0. The van der Waals surface area contributed by atoms with Crippen LogP contribution in [0.25, 0.3) is 40.1 Å². The summed E-state index contributed by atoms with van der Waals surface area (Å²) in [6, 6.07) is 33.5. The van der Waals surface area contributed by atoms with Crippen LogP contribution in [-0.4, -0.2) is 24.4 Å². The Bertz CT molecular complexity index is 2190. The summed E-state index contributed by atoms with van der Waals surface area (Å²) in [5.41, 5.74) is 4.91. The minimum Gasteiger partial charge on any atom is -0.489 e. The van der Waals surface area contributed by atoms with Crippen molar-refractivity contribution in [3.63, 3.8) is 0 Å². The lowest BCUT2D eigenvalue weighted by molar-refractivity contribution is 0.306. The molecule has 7 rings (SSSR count). The van der Waals surface area contributed by atoms with Crippen LogP contribution in [0, 0.1) is 5.82 Å². The molecule has 44 heavy (non-hydrogen) atoms. The molecule has 0 saturated heterocycles. The Hall–Kier alpha value is -5.67. The molecule has 3 heterocycles. The van der Waals surface area contributed by atoms with Gasteiger partial charge in [-0.1, -0.05) is 78.1 Å². The summed E-state index contributed by atoms with van der Waals surface area (Å²) in [4.78, 5) is 18.4. The van der Waals surface area contributed by atoms with Gasteiger partial charge in [0.1, 0.15) is 23.9 Å². The first-order valence-electron chi connectivity index (χ1n) is 13.9. The molecular weight excluding hydrogens is 573 g/mol. The van der Waals surface area contributed by atoms with E-state index < -0.39 is 0 Å². The second kappa shape index (κ2) is 11.9. The summed E-state index contributed by atoms with van der Waals surface area (Å²) in [5, 5.41) is 9.30. The van der Waals surface area contributed by atoms with Crippen LogP contribution in [0.5, 0.6) is 5.75 Å². The van der Waals surface area contributed by atoms with Gasteiger partial charge in [-0.05, 0) is 71.8 Å². The zero-order chi connectivity index (χ0) is 29.9. The molecule has 0 saturated carbocycles. The molecule has 0 spiro atoms. The van der Waals surface area contributed by atoms with Gasteiger partial charge in [-0.25, -0.2) is 9.07 Å². The molecule has 9 heteroatoms. The van der Waals surface area contributed by atoms with Crippen molar-refractivity contribution >= 4 is 34.5 Å². The molecule has 4 aromatic carbocycles. The maximum Gasteiger partial charge on any atom is 0.291 e. The van der Waals surface area contributed by atoms with Crippen molar-refractivity contribution in [2.75, 3.05) is 0 Å². The third-order valence-corrected chi connectivity index (χ3v) is 7.88. The number of hydrogen-bond donors (Lipinski definition) is 0. The molecule has 0 fully saturated rings. The molecule has 7 aromatic rings. The number of para-hydroxylation sites is 1. The first-order chi connectivity index (χ1) is 21.6. The Morgan fingerprint density at radius 2 is 1.55 bits per heavy atom. The van der Waals surface area contributed by atoms with E-state index in [1.54, 1.807) is 22.9 Å². The number of nitrogens with zero attached hydrogens (tertiary/aromatic N) is 5. The molecule has 0 aliphatic rings. The van der Waals surface area contributed by atoms with Crippen molar-refractivity contribution < 1.29 is 9.13 Å². The number of aromatic nitrogens is 5. The number of fused-ring (bicyclic) bond motifs is 1. The monoisotopic (exact) mass is 597 g/mol. The number of rotatable bonds is 8. The molecule has 0 atom stereocenters. The van der Waals surface area contributed by atoms with Gasteiger partial charge in [0.25, 0.3) is 5.56 Å². The highest BCUT2D eigenvalue weighted by molar-refractivity contribution is 7.15. The van der Waals surface area contributed by atoms with Crippen LogP contribution >= 0.6 is 11.3 Å². The highest BCUT2D eigenvalue weighted by Gasteiger charge is 2.14. The largest absolute Gasteiger partial charge is 0.489 e. The number of benzene rings is 4. The molecule has 0 aliphatic heterocycles. The SMILES string of the molecule is O=c1/c(=C/c2cn(-c3ccccc3)nc2-c2ccc(OCc3ccc(F)cc3)cc2)sc2nc(/C=C/c3ccccc3)nn12. The smallest absolute Gasteiger partial charge is 0.291 e. The minimum absolute atomic E-state index is 0.236. The topological polar surface area (TPSA) is 74.3 Å². The van der Waals surface area contributed by atoms with Gasteiger partial charge < -0.3 is 4.74 Å². The van der Waals surface area contributed by atoms with Crippen molar-refractivity contribution in [2.45, 2.75) is 6.61 Å². The van der Waals surface area contributed by atoms with Crippen molar-refractivity contribution in [1.29, 1.82) is 0 Å². The van der Waals surface area contributed by atoms with E-state index in [1.165, 1.54) is 28.0 Å². The second-order valence-corrected chi connectivity index (χ2v) is 11.0. The van der Waals surface area contributed by atoms with Gasteiger partial charge in [0.05, 0.1) is 10.2 Å². The number of ether oxygens (including phenoxy) is 1. The maximum absolute atomic E-state index is 13.3. The predicted octanol–water partition coefficient (Wildman–Crippen LogP) is 6.44. The fourth-order valence-corrected chi connectivity index (χ4v) is 5.59. The first kappa shape index (κ1) is 27.2.